The van der Waals surface area contributed by atoms with E-state index in [0.717, 1.165) is 11.0 Å². The van der Waals surface area contributed by atoms with Gasteiger partial charge >= 0.3 is 6.09 Å². The molecule has 0 radical (unpaired) electrons. The van der Waals surface area contributed by atoms with Crippen LogP contribution in [0.5, 0.6) is 5.75 Å². The molecule has 0 unspecified atom stereocenters. The maximum absolute atomic E-state index is 11.7. The first kappa shape index (κ1) is 11.3. The molecule has 0 bridgehead atoms. The molecule has 1 amide bonds. The number of carbonyl (C=O) groups excluding carboxylic acids is 1. The number of ether oxygens (including phenoxy) is 1. The van der Waals surface area contributed by atoms with Gasteiger partial charge in [-0.25, -0.2) is 9.78 Å². The highest BCUT2D eigenvalue weighted by Gasteiger charge is 2.08. The smallest absolute Gasteiger partial charge is 0.410 e. The van der Waals surface area contributed by atoms with Gasteiger partial charge in [0.05, 0.1) is 11.0 Å². The van der Waals surface area contributed by atoms with E-state index in [1.54, 1.807) is 24.3 Å². The molecule has 0 aliphatic heterocycles. The first-order valence-electron chi connectivity index (χ1n) is 5.80. The van der Waals surface area contributed by atoms with Crippen LogP contribution in [-0.4, -0.2) is 16.1 Å². The number of hydrogen-bond acceptors (Lipinski definition) is 3. The highest BCUT2D eigenvalue weighted by Crippen LogP contribution is 2.14. The lowest BCUT2D eigenvalue weighted by atomic mass is 10.3. The summed E-state index contributed by atoms with van der Waals surface area (Å²) >= 11 is 0. The van der Waals surface area contributed by atoms with E-state index < -0.39 is 6.09 Å². The van der Waals surface area contributed by atoms with Crippen molar-refractivity contribution >= 4 is 23.1 Å². The molecule has 3 rings (SSSR count). The standard InChI is InChI=1S/C14H11N3O2/c18-14(19-10-6-2-1-3-7-10)17-13-15-11-8-4-5-9-12(11)16-13/h1-9H,(H2,15,16,17,18). The van der Waals surface area contributed by atoms with Crippen molar-refractivity contribution in [1.29, 1.82) is 0 Å². The summed E-state index contributed by atoms with van der Waals surface area (Å²) in [6.07, 6.45) is -0.578. The molecule has 5 nitrogen and oxygen atoms in total. The summed E-state index contributed by atoms with van der Waals surface area (Å²) in [5, 5.41) is 2.55. The number of H-pyrrole nitrogens is 1. The van der Waals surface area contributed by atoms with Gasteiger partial charge in [-0.2, -0.15) is 0 Å². The van der Waals surface area contributed by atoms with Gasteiger partial charge in [-0.15, -0.1) is 0 Å². The third-order valence-electron chi connectivity index (χ3n) is 2.56. The van der Waals surface area contributed by atoms with Crippen molar-refractivity contribution < 1.29 is 9.53 Å². The van der Waals surface area contributed by atoms with Crippen molar-refractivity contribution in [3.8, 4) is 5.75 Å². The van der Waals surface area contributed by atoms with Crippen LogP contribution in [0.25, 0.3) is 11.0 Å². The van der Waals surface area contributed by atoms with Gasteiger partial charge in [0.1, 0.15) is 5.75 Å². The quantitative estimate of drug-likeness (QED) is 0.737. The number of hydrogen-bond donors (Lipinski definition) is 2. The molecule has 2 aromatic carbocycles. The number of fused-ring (bicyclic) bond motifs is 1. The third-order valence-corrected chi connectivity index (χ3v) is 2.56. The largest absolute Gasteiger partial charge is 0.419 e. The molecular weight excluding hydrogens is 242 g/mol. The van der Waals surface area contributed by atoms with Crippen LogP contribution < -0.4 is 10.1 Å². The Morgan fingerprint density at radius 1 is 1.05 bits per heavy atom. The molecular formula is C14H11N3O2. The van der Waals surface area contributed by atoms with Crippen LogP contribution in [-0.2, 0) is 0 Å². The first-order valence-corrected chi connectivity index (χ1v) is 5.80. The number of benzene rings is 2. The molecule has 1 heterocycles. The summed E-state index contributed by atoms with van der Waals surface area (Å²) < 4.78 is 5.10. The number of nitrogens with zero attached hydrogens (tertiary/aromatic N) is 1. The predicted molar refractivity (Wildman–Crippen MR) is 72.2 cm³/mol. The number of amides is 1. The summed E-state index contributed by atoms with van der Waals surface area (Å²) in [6.45, 7) is 0. The highest BCUT2D eigenvalue weighted by molar-refractivity contribution is 5.87. The van der Waals surface area contributed by atoms with E-state index >= 15 is 0 Å². The van der Waals surface area contributed by atoms with Crippen molar-refractivity contribution in [3.05, 3.63) is 54.6 Å². The number of carbonyl (C=O) groups is 1. The van der Waals surface area contributed by atoms with Gasteiger partial charge in [-0.1, -0.05) is 30.3 Å². The molecule has 94 valence electrons. The highest BCUT2D eigenvalue weighted by atomic mass is 16.6. The van der Waals surface area contributed by atoms with Crippen LogP contribution >= 0.6 is 0 Å². The van der Waals surface area contributed by atoms with E-state index in [-0.39, 0.29) is 0 Å². The number of para-hydroxylation sites is 3. The van der Waals surface area contributed by atoms with E-state index in [2.05, 4.69) is 15.3 Å². The SMILES string of the molecule is O=C(Nc1nc2ccccc2[nH]1)Oc1ccccc1. The summed E-state index contributed by atoms with van der Waals surface area (Å²) in [5.41, 5.74) is 1.65. The Bertz CT molecular complexity index is 674. The first-order chi connectivity index (χ1) is 9.31. The maximum atomic E-state index is 11.7. The molecule has 0 saturated carbocycles. The number of aromatic nitrogens is 2. The number of aromatic amines is 1. The van der Waals surface area contributed by atoms with Gasteiger partial charge in [0, 0.05) is 0 Å². The molecule has 2 N–H and O–H groups in total. The molecule has 0 aliphatic rings. The van der Waals surface area contributed by atoms with Crippen molar-refractivity contribution in [1.82, 2.24) is 9.97 Å². The normalized spacial score (nSPS) is 10.3. The molecule has 5 heteroatoms. The van der Waals surface area contributed by atoms with Gasteiger partial charge in [-0.05, 0) is 24.3 Å². The van der Waals surface area contributed by atoms with Crippen LogP contribution in [0.15, 0.2) is 54.6 Å². The van der Waals surface area contributed by atoms with Crippen molar-refractivity contribution in [2.45, 2.75) is 0 Å². The Balaban J connectivity index is 1.72. The van der Waals surface area contributed by atoms with Crippen molar-refractivity contribution in [3.63, 3.8) is 0 Å². The van der Waals surface area contributed by atoms with Crippen LogP contribution in [0.3, 0.4) is 0 Å². The molecule has 0 atom stereocenters. The minimum absolute atomic E-state index is 0.363. The average molecular weight is 253 g/mol. The zero-order chi connectivity index (χ0) is 13.1. The van der Waals surface area contributed by atoms with E-state index in [9.17, 15) is 4.79 Å². The lowest BCUT2D eigenvalue weighted by Gasteiger charge is -2.03. The minimum Gasteiger partial charge on any atom is -0.410 e. The zero-order valence-electron chi connectivity index (χ0n) is 9.96. The fraction of sp³-hybridized carbons (Fsp3) is 0. The molecule has 0 fully saturated rings. The Kier molecular flexibility index (Phi) is 2.86. The topological polar surface area (TPSA) is 67.0 Å². The summed E-state index contributed by atoms with van der Waals surface area (Å²) in [5.74, 6) is 0.846. The van der Waals surface area contributed by atoms with Gasteiger partial charge in [-0.3, -0.25) is 5.32 Å². The summed E-state index contributed by atoms with van der Waals surface area (Å²) in [7, 11) is 0. The molecule has 0 spiro atoms. The zero-order valence-corrected chi connectivity index (χ0v) is 9.96. The number of imidazole rings is 1. The Morgan fingerprint density at radius 3 is 2.58 bits per heavy atom. The van der Waals surface area contributed by atoms with E-state index in [1.165, 1.54) is 0 Å². The van der Waals surface area contributed by atoms with Crippen LogP contribution in [0.1, 0.15) is 0 Å². The molecule has 1 aromatic heterocycles. The Labute approximate surface area is 109 Å². The van der Waals surface area contributed by atoms with E-state index in [1.807, 2.05) is 30.3 Å². The van der Waals surface area contributed by atoms with Crippen LogP contribution in [0, 0.1) is 0 Å². The fourth-order valence-electron chi connectivity index (χ4n) is 1.73. The lowest BCUT2D eigenvalue weighted by Crippen LogP contribution is -2.17. The van der Waals surface area contributed by atoms with Crippen molar-refractivity contribution in [2.75, 3.05) is 5.32 Å². The van der Waals surface area contributed by atoms with Gasteiger partial charge in [0.15, 0.2) is 0 Å². The minimum atomic E-state index is -0.578. The van der Waals surface area contributed by atoms with Crippen LogP contribution in [0.4, 0.5) is 10.7 Å². The molecule has 19 heavy (non-hydrogen) atoms. The van der Waals surface area contributed by atoms with Crippen LogP contribution in [0.2, 0.25) is 0 Å². The maximum Gasteiger partial charge on any atom is 0.419 e. The lowest BCUT2D eigenvalue weighted by molar-refractivity contribution is 0.215. The summed E-state index contributed by atoms with van der Waals surface area (Å²) in [6, 6.07) is 16.4. The molecule has 0 saturated heterocycles. The van der Waals surface area contributed by atoms with Gasteiger partial charge in [0.25, 0.3) is 0 Å². The molecule has 0 aliphatic carbocycles. The third kappa shape index (κ3) is 2.55. The van der Waals surface area contributed by atoms with E-state index in [0.29, 0.717) is 11.7 Å². The second-order valence-corrected chi connectivity index (χ2v) is 3.93. The van der Waals surface area contributed by atoms with Crippen molar-refractivity contribution in [2.24, 2.45) is 0 Å². The van der Waals surface area contributed by atoms with E-state index in [4.69, 9.17) is 4.74 Å². The number of nitrogens with one attached hydrogen (secondary N) is 2. The second kappa shape index (κ2) is 4.81. The average Bonchev–Trinajstić information content (AvgIpc) is 2.81. The number of rotatable bonds is 2. The summed E-state index contributed by atoms with van der Waals surface area (Å²) in [4.78, 5) is 18.9. The second-order valence-electron chi connectivity index (χ2n) is 3.93. The number of anilines is 1. The van der Waals surface area contributed by atoms with Gasteiger partial charge < -0.3 is 9.72 Å². The Hall–Kier alpha value is -2.82. The van der Waals surface area contributed by atoms with Gasteiger partial charge in [0.2, 0.25) is 5.95 Å². The predicted octanol–water partition coefficient (Wildman–Crippen LogP) is 3.17. The fourth-order valence-corrected chi connectivity index (χ4v) is 1.73. The molecule has 3 aromatic rings. The monoisotopic (exact) mass is 253 g/mol. The Morgan fingerprint density at radius 2 is 1.79 bits per heavy atom.